The van der Waals surface area contributed by atoms with E-state index in [4.69, 9.17) is 10.3 Å². The molecule has 0 amide bonds. The molecule has 0 aliphatic heterocycles. The molecule has 0 saturated carbocycles. The molecule has 2 aromatic heterocycles. The van der Waals surface area contributed by atoms with Crippen LogP contribution in [0.4, 0.5) is 11.5 Å². The Bertz CT molecular complexity index is 492. The van der Waals surface area contributed by atoms with E-state index in [-0.39, 0.29) is 0 Å². The minimum absolute atomic E-state index is 0.529. The molecule has 5 heteroatoms. The summed E-state index contributed by atoms with van der Waals surface area (Å²) in [6.07, 6.45) is 1.77. The zero-order valence-electron chi connectivity index (χ0n) is 9.32. The molecule has 5 nitrogen and oxygen atoms in total. The zero-order valence-corrected chi connectivity index (χ0v) is 9.32. The van der Waals surface area contributed by atoms with Crippen LogP contribution >= 0.6 is 0 Å². The summed E-state index contributed by atoms with van der Waals surface area (Å²) in [4.78, 5) is 4.20. The maximum absolute atomic E-state index is 5.82. The summed E-state index contributed by atoms with van der Waals surface area (Å²) < 4.78 is 5.07. The predicted octanol–water partition coefficient (Wildman–Crippen LogP) is 1.88. The highest BCUT2D eigenvalue weighted by molar-refractivity contribution is 5.61. The first-order chi connectivity index (χ1) is 7.65. The Morgan fingerprint density at radius 3 is 2.81 bits per heavy atom. The van der Waals surface area contributed by atoms with Crippen LogP contribution in [0.1, 0.15) is 17.0 Å². The number of nitrogens with zero attached hydrogens (tertiary/aromatic N) is 2. The van der Waals surface area contributed by atoms with Crippen molar-refractivity contribution in [2.75, 3.05) is 11.1 Å². The monoisotopic (exact) mass is 218 g/mol. The molecule has 0 spiro atoms. The number of hydrogen-bond acceptors (Lipinski definition) is 5. The van der Waals surface area contributed by atoms with Gasteiger partial charge in [0, 0.05) is 12.3 Å². The lowest BCUT2D eigenvalue weighted by Crippen LogP contribution is -2.04. The fourth-order valence-corrected chi connectivity index (χ4v) is 1.41. The molecule has 2 aromatic rings. The van der Waals surface area contributed by atoms with E-state index in [1.807, 2.05) is 26.0 Å². The topological polar surface area (TPSA) is 77.0 Å². The highest BCUT2D eigenvalue weighted by Crippen LogP contribution is 2.16. The van der Waals surface area contributed by atoms with Gasteiger partial charge in [-0.05, 0) is 25.5 Å². The van der Waals surface area contributed by atoms with Crippen molar-refractivity contribution in [3.8, 4) is 0 Å². The van der Waals surface area contributed by atoms with E-state index < -0.39 is 0 Å². The van der Waals surface area contributed by atoms with E-state index in [9.17, 15) is 0 Å². The van der Waals surface area contributed by atoms with E-state index in [1.54, 1.807) is 6.20 Å². The van der Waals surface area contributed by atoms with Gasteiger partial charge in [0.1, 0.15) is 5.82 Å². The van der Waals surface area contributed by atoms with Crippen molar-refractivity contribution in [2.45, 2.75) is 20.4 Å². The number of rotatable bonds is 3. The third kappa shape index (κ3) is 2.31. The number of anilines is 2. The number of nitrogens with two attached hydrogens (primary N) is 1. The molecule has 0 aliphatic rings. The molecule has 2 rings (SSSR count). The second-order valence-corrected chi connectivity index (χ2v) is 3.74. The number of aromatic nitrogens is 2. The Balaban J connectivity index is 2.04. The fourth-order valence-electron chi connectivity index (χ4n) is 1.41. The lowest BCUT2D eigenvalue weighted by Gasteiger charge is -2.06. The summed E-state index contributed by atoms with van der Waals surface area (Å²) in [5.74, 6) is 1.43. The number of aryl methyl sites for hydroxylation is 2. The highest BCUT2D eigenvalue weighted by atomic mass is 16.5. The van der Waals surface area contributed by atoms with Crippen molar-refractivity contribution >= 4 is 11.5 Å². The molecule has 0 bridgehead atoms. The Kier molecular flexibility index (Phi) is 2.76. The summed E-state index contributed by atoms with van der Waals surface area (Å²) in [6.45, 7) is 4.36. The van der Waals surface area contributed by atoms with Gasteiger partial charge in [0.2, 0.25) is 0 Å². The minimum atomic E-state index is 0.529. The van der Waals surface area contributed by atoms with E-state index >= 15 is 0 Å². The Labute approximate surface area is 93.7 Å². The van der Waals surface area contributed by atoms with Crippen LogP contribution in [-0.2, 0) is 6.54 Å². The maximum atomic E-state index is 5.82. The Morgan fingerprint density at radius 1 is 1.38 bits per heavy atom. The van der Waals surface area contributed by atoms with Crippen molar-refractivity contribution in [1.82, 2.24) is 10.1 Å². The number of pyridine rings is 1. The molecule has 2 heterocycles. The first-order valence-electron chi connectivity index (χ1n) is 5.03. The first-order valence-corrected chi connectivity index (χ1v) is 5.03. The van der Waals surface area contributed by atoms with Crippen molar-refractivity contribution in [1.29, 1.82) is 0 Å². The molecule has 0 saturated heterocycles. The molecule has 0 unspecified atom stereocenters. The highest BCUT2D eigenvalue weighted by Gasteiger charge is 2.03. The van der Waals surface area contributed by atoms with Gasteiger partial charge in [-0.2, -0.15) is 0 Å². The molecule has 0 aliphatic carbocycles. The number of hydrogen-bond donors (Lipinski definition) is 2. The quantitative estimate of drug-likeness (QED) is 0.822. The molecular weight excluding hydrogens is 204 g/mol. The van der Waals surface area contributed by atoms with E-state index in [0.717, 1.165) is 17.0 Å². The summed E-state index contributed by atoms with van der Waals surface area (Å²) in [7, 11) is 0. The van der Waals surface area contributed by atoms with Gasteiger partial charge in [-0.1, -0.05) is 5.16 Å². The summed E-state index contributed by atoms with van der Waals surface area (Å²) in [5.41, 5.74) is 8.36. The lowest BCUT2D eigenvalue weighted by molar-refractivity contribution is 0.384. The van der Waals surface area contributed by atoms with Gasteiger partial charge in [-0.3, -0.25) is 0 Å². The normalized spacial score (nSPS) is 10.4. The van der Waals surface area contributed by atoms with Gasteiger partial charge in [0.05, 0.1) is 17.9 Å². The zero-order chi connectivity index (χ0) is 11.5. The van der Waals surface area contributed by atoms with Crippen LogP contribution in [0, 0.1) is 13.8 Å². The van der Waals surface area contributed by atoms with Gasteiger partial charge < -0.3 is 15.6 Å². The largest absolute Gasteiger partial charge is 0.396 e. The average molecular weight is 218 g/mol. The van der Waals surface area contributed by atoms with Gasteiger partial charge in [0.25, 0.3) is 0 Å². The van der Waals surface area contributed by atoms with Crippen LogP contribution in [0.5, 0.6) is 0 Å². The summed E-state index contributed by atoms with van der Waals surface area (Å²) >= 11 is 0. The van der Waals surface area contributed by atoms with Gasteiger partial charge >= 0.3 is 0 Å². The van der Waals surface area contributed by atoms with Crippen LogP contribution in [0.2, 0.25) is 0 Å². The second-order valence-electron chi connectivity index (χ2n) is 3.74. The Morgan fingerprint density at radius 2 is 2.19 bits per heavy atom. The molecule has 16 heavy (non-hydrogen) atoms. The van der Waals surface area contributed by atoms with Gasteiger partial charge in [-0.15, -0.1) is 0 Å². The smallest absolute Gasteiger partial charge is 0.156 e. The molecular formula is C11H14N4O. The van der Waals surface area contributed by atoms with Crippen molar-refractivity contribution in [3.05, 3.63) is 35.3 Å². The van der Waals surface area contributed by atoms with Crippen LogP contribution in [0.3, 0.4) is 0 Å². The van der Waals surface area contributed by atoms with Crippen molar-refractivity contribution in [3.63, 3.8) is 0 Å². The molecule has 84 valence electrons. The second kappa shape index (κ2) is 4.22. The van der Waals surface area contributed by atoms with Crippen LogP contribution in [-0.4, -0.2) is 10.1 Å². The third-order valence-corrected chi connectivity index (χ3v) is 2.16. The van der Waals surface area contributed by atoms with Crippen molar-refractivity contribution < 1.29 is 4.52 Å². The molecule has 0 atom stereocenters. The average Bonchev–Trinajstić information content (AvgIpc) is 2.63. The van der Waals surface area contributed by atoms with Crippen LogP contribution in [0.15, 0.2) is 22.9 Å². The van der Waals surface area contributed by atoms with E-state index in [0.29, 0.717) is 18.1 Å². The van der Waals surface area contributed by atoms with Gasteiger partial charge in [-0.25, -0.2) is 4.98 Å². The van der Waals surface area contributed by atoms with Gasteiger partial charge in [0.15, 0.2) is 5.76 Å². The lowest BCUT2D eigenvalue weighted by atomic mass is 10.3. The van der Waals surface area contributed by atoms with Crippen LogP contribution in [0.25, 0.3) is 0 Å². The first kappa shape index (κ1) is 10.5. The molecule has 0 radical (unpaired) electrons. The third-order valence-electron chi connectivity index (χ3n) is 2.16. The maximum Gasteiger partial charge on any atom is 0.156 e. The number of nitrogens with one attached hydrogen (secondary N) is 1. The minimum Gasteiger partial charge on any atom is -0.396 e. The SMILES string of the molecule is Cc1cnc(NCc2cc(C)no2)c(N)c1. The predicted molar refractivity (Wildman–Crippen MR) is 62.0 cm³/mol. The molecule has 3 N–H and O–H groups in total. The van der Waals surface area contributed by atoms with E-state index in [2.05, 4.69) is 15.5 Å². The van der Waals surface area contributed by atoms with E-state index in [1.165, 1.54) is 0 Å². The number of nitrogen functional groups attached to an aromatic ring is 1. The molecule has 0 aromatic carbocycles. The standard InChI is InChI=1S/C11H14N4O/c1-7-3-10(12)11(13-5-7)14-6-9-4-8(2)15-16-9/h3-5H,6,12H2,1-2H3,(H,13,14). The molecule has 0 fully saturated rings. The Hall–Kier alpha value is -2.04. The fraction of sp³-hybridized carbons (Fsp3) is 0.273. The summed E-state index contributed by atoms with van der Waals surface area (Å²) in [5, 5.41) is 6.90. The van der Waals surface area contributed by atoms with Crippen molar-refractivity contribution in [2.24, 2.45) is 0 Å². The summed E-state index contributed by atoms with van der Waals surface area (Å²) in [6, 6.07) is 3.75. The van der Waals surface area contributed by atoms with Crippen LogP contribution < -0.4 is 11.1 Å².